The van der Waals surface area contributed by atoms with E-state index in [2.05, 4.69) is 4.74 Å². The van der Waals surface area contributed by atoms with E-state index in [1.807, 2.05) is 0 Å². The highest BCUT2D eigenvalue weighted by Gasteiger charge is 2.29. The van der Waals surface area contributed by atoms with E-state index in [9.17, 15) is 27.1 Å². The lowest BCUT2D eigenvalue weighted by Gasteiger charge is -2.14. The molecule has 0 heterocycles. The molecule has 0 amide bonds. The Labute approximate surface area is 98.4 Å². The third-order valence-electron chi connectivity index (χ3n) is 2.09. The van der Waals surface area contributed by atoms with Crippen molar-refractivity contribution >= 4 is 0 Å². The number of aliphatic hydroxyl groups excluding tert-OH is 2. The lowest BCUT2D eigenvalue weighted by Crippen LogP contribution is -2.16. The van der Waals surface area contributed by atoms with Gasteiger partial charge in [-0.2, -0.15) is 0 Å². The molecule has 0 radical (unpaired) electrons. The van der Waals surface area contributed by atoms with Crippen LogP contribution in [0.2, 0.25) is 0 Å². The van der Waals surface area contributed by atoms with Crippen LogP contribution >= 0.6 is 0 Å². The highest BCUT2D eigenvalue weighted by atomic mass is 19.2. The molecule has 0 aromatic heterocycles. The fourth-order valence-electron chi connectivity index (χ4n) is 1.26. The van der Waals surface area contributed by atoms with Gasteiger partial charge in [-0.1, -0.05) is 0 Å². The molecule has 0 aliphatic carbocycles. The summed E-state index contributed by atoms with van der Waals surface area (Å²) in [6, 6.07) is 0. The van der Waals surface area contributed by atoms with Gasteiger partial charge < -0.3 is 14.9 Å². The van der Waals surface area contributed by atoms with Crippen molar-refractivity contribution in [3.8, 4) is 0 Å². The van der Waals surface area contributed by atoms with Gasteiger partial charge in [-0.05, 0) is 0 Å². The van der Waals surface area contributed by atoms with Crippen LogP contribution in [0.15, 0.2) is 0 Å². The number of halogens is 5. The van der Waals surface area contributed by atoms with Gasteiger partial charge in [0.2, 0.25) is 5.82 Å². The van der Waals surface area contributed by atoms with Gasteiger partial charge in [-0.25, -0.2) is 22.0 Å². The van der Waals surface area contributed by atoms with Crippen molar-refractivity contribution in [3.63, 3.8) is 0 Å². The van der Waals surface area contributed by atoms with E-state index in [4.69, 9.17) is 5.11 Å². The predicted octanol–water partition coefficient (Wildman–Crippen LogP) is 1.42. The lowest BCUT2D eigenvalue weighted by molar-refractivity contribution is 0.0169. The third-order valence-corrected chi connectivity index (χ3v) is 2.09. The van der Waals surface area contributed by atoms with Gasteiger partial charge in [0.25, 0.3) is 0 Å². The topological polar surface area (TPSA) is 49.7 Å². The number of benzene rings is 1. The lowest BCUT2D eigenvalue weighted by atomic mass is 10.1. The minimum absolute atomic E-state index is 0.244. The van der Waals surface area contributed by atoms with Crippen molar-refractivity contribution in [1.82, 2.24) is 0 Å². The van der Waals surface area contributed by atoms with Gasteiger partial charge in [0.1, 0.15) is 6.10 Å². The van der Waals surface area contributed by atoms with E-state index in [-0.39, 0.29) is 6.61 Å². The van der Waals surface area contributed by atoms with Crippen LogP contribution in [0, 0.1) is 29.1 Å². The number of hydrogen-bond donors (Lipinski definition) is 2. The summed E-state index contributed by atoms with van der Waals surface area (Å²) in [7, 11) is 0. The highest BCUT2D eigenvalue weighted by Crippen LogP contribution is 2.27. The Kier molecular flexibility index (Phi) is 5.00. The summed E-state index contributed by atoms with van der Waals surface area (Å²) in [5, 5.41) is 17.7. The molecule has 0 fully saturated rings. The maximum atomic E-state index is 13.2. The van der Waals surface area contributed by atoms with E-state index in [1.54, 1.807) is 0 Å². The molecule has 1 unspecified atom stereocenters. The monoisotopic (exact) mass is 272 g/mol. The Balaban J connectivity index is 3.08. The average molecular weight is 272 g/mol. The smallest absolute Gasteiger partial charge is 0.200 e. The van der Waals surface area contributed by atoms with Crippen LogP contribution in [0.4, 0.5) is 22.0 Å². The van der Waals surface area contributed by atoms with E-state index < -0.39 is 54.0 Å². The summed E-state index contributed by atoms with van der Waals surface area (Å²) in [6.45, 7) is -1.37. The molecular formula is C10H9F5O3. The zero-order chi connectivity index (χ0) is 13.9. The zero-order valence-electron chi connectivity index (χ0n) is 8.89. The Morgan fingerprint density at radius 3 is 1.78 bits per heavy atom. The maximum absolute atomic E-state index is 13.2. The number of hydrogen-bond acceptors (Lipinski definition) is 3. The first-order valence-corrected chi connectivity index (χ1v) is 4.79. The fraction of sp³-hybridized carbons (Fsp3) is 0.400. The van der Waals surface area contributed by atoms with Crippen LogP contribution in [0.5, 0.6) is 0 Å². The Morgan fingerprint density at radius 1 is 0.889 bits per heavy atom. The first-order chi connectivity index (χ1) is 8.41. The molecule has 0 aliphatic rings. The normalized spacial score (nSPS) is 12.8. The maximum Gasteiger partial charge on any atom is 0.200 e. The first kappa shape index (κ1) is 14.8. The van der Waals surface area contributed by atoms with Gasteiger partial charge in [0.15, 0.2) is 23.3 Å². The quantitative estimate of drug-likeness (QED) is 0.369. The van der Waals surface area contributed by atoms with Crippen molar-refractivity contribution in [2.75, 3.05) is 19.8 Å². The Hall–Kier alpha value is -1.25. The summed E-state index contributed by atoms with van der Waals surface area (Å²) < 4.78 is 69.2. The van der Waals surface area contributed by atoms with E-state index in [0.717, 1.165) is 0 Å². The average Bonchev–Trinajstić information content (AvgIpc) is 2.34. The molecule has 0 saturated carbocycles. The molecular weight excluding hydrogens is 263 g/mol. The van der Waals surface area contributed by atoms with Gasteiger partial charge in [-0.15, -0.1) is 0 Å². The van der Waals surface area contributed by atoms with Crippen molar-refractivity contribution in [1.29, 1.82) is 0 Å². The minimum atomic E-state index is -2.29. The number of rotatable bonds is 5. The van der Waals surface area contributed by atoms with Crippen molar-refractivity contribution in [2.24, 2.45) is 0 Å². The molecule has 0 spiro atoms. The molecule has 2 N–H and O–H groups in total. The molecule has 8 heteroatoms. The van der Waals surface area contributed by atoms with Crippen molar-refractivity contribution < 1.29 is 36.9 Å². The van der Waals surface area contributed by atoms with Crippen LogP contribution in [-0.2, 0) is 4.74 Å². The molecule has 1 rings (SSSR count). The van der Waals surface area contributed by atoms with Crippen LogP contribution < -0.4 is 0 Å². The Morgan fingerprint density at radius 2 is 1.33 bits per heavy atom. The largest absolute Gasteiger partial charge is 0.394 e. The summed E-state index contributed by atoms with van der Waals surface area (Å²) in [6.07, 6.45) is -2.03. The number of aliphatic hydroxyl groups is 2. The van der Waals surface area contributed by atoms with Crippen LogP contribution in [-0.4, -0.2) is 30.0 Å². The molecule has 0 saturated heterocycles. The van der Waals surface area contributed by atoms with Gasteiger partial charge >= 0.3 is 0 Å². The molecule has 3 nitrogen and oxygen atoms in total. The third kappa shape index (κ3) is 2.77. The molecule has 1 aromatic rings. The molecule has 0 aliphatic heterocycles. The zero-order valence-corrected chi connectivity index (χ0v) is 8.89. The molecule has 102 valence electrons. The van der Waals surface area contributed by atoms with Crippen molar-refractivity contribution in [2.45, 2.75) is 6.10 Å². The highest BCUT2D eigenvalue weighted by molar-refractivity contribution is 5.26. The second kappa shape index (κ2) is 6.07. The predicted molar refractivity (Wildman–Crippen MR) is 49.1 cm³/mol. The van der Waals surface area contributed by atoms with E-state index in [0.29, 0.717) is 0 Å². The minimum Gasteiger partial charge on any atom is -0.394 e. The van der Waals surface area contributed by atoms with Crippen LogP contribution in [0.25, 0.3) is 0 Å². The first-order valence-electron chi connectivity index (χ1n) is 4.79. The fourth-order valence-corrected chi connectivity index (χ4v) is 1.26. The summed E-state index contributed by atoms with van der Waals surface area (Å²) in [5.74, 6) is -10.8. The molecule has 1 atom stereocenters. The second-order valence-electron chi connectivity index (χ2n) is 3.30. The summed E-state index contributed by atoms with van der Waals surface area (Å²) in [4.78, 5) is 0. The van der Waals surface area contributed by atoms with Gasteiger partial charge in [0.05, 0.1) is 25.4 Å². The molecule has 1 aromatic carbocycles. The molecule has 0 bridgehead atoms. The van der Waals surface area contributed by atoms with Gasteiger partial charge in [-0.3, -0.25) is 0 Å². The van der Waals surface area contributed by atoms with Crippen LogP contribution in [0.1, 0.15) is 11.7 Å². The molecule has 18 heavy (non-hydrogen) atoms. The summed E-state index contributed by atoms with van der Waals surface area (Å²) >= 11 is 0. The Bertz CT molecular complexity index is 409. The van der Waals surface area contributed by atoms with E-state index >= 15 is 0 Å². The van der Waals surface area contributed by atoms with E-state index in [1.165, 1.54) is 0 Å². The number of ether oxygens (including phenoxy) is 1. The van der Waals surface area contributed by atoms with Crippen LogP contribution in [0.3, 0.4) is 0 Å². The summed E-state index contributed by atoms with van der Waals surface area (Å²) in [5.41, 5.74) is -1.36. The second-order valence-corrected chi connectivity index (χ2v) is 3.30. The SMILES string of the molecule is OCCOCC(O)c1c(F)c(F)c(F)c(F)c1F. The van der Waals surface area contributed by atoms with Crippen molar-refractivity contribution in [3.05, 3.63) is 34.6 Å². The standard InChI is InChI=1S/C10H9F5O3/c11-6-5(4(17)3-18-2-1-16)7(12)9(14)10(15)8(6)13/h4,16-17H,1-3H2. The van der Waals surface area contributed by atoms with Gasteiger partial charge in [0, 0.05) is 0 Å².